The Balaban J connectivity index is 2.42. The normalized spacial score (nSPS) is 23.2. The summed E-state index contributed by atoms with van der Waals surface area (Å²) >= 11 is 0. The van der Waals surface area contributed by atoms with Gasteiger partial charge in [-0.05, 0) is 19.0 Å². The van der Waals surface area contributed by atoms with E-state index in [9.17, 15) is 0 Å². The number of rotatable bonds is 1. The molecule has 1 aromatic heterocycles. The third-order valence-corrected chi connectivity index (χ3v) is 2.87. The predicted molar refractivity (Wildman–Crippen MR) is 51.3 cm³/mol. The highest BCUT2D eigenvalue weighted by Gasteiger charge is 2.26. The van der Waals surface area contributed by atoms with Gasteiger partial charge in [-0.25, -0.2) is 0 Å². The second-order valence-corrected chi connectivity index (χ2v) is 3.66. The number of fused-ring (bicyclic) bond motifs is 1. The Labute approximate surface area is 78.3 Å². The van der Waals surface area contributed by atoms with E-state index in [1.165, 1.54) is 11.3 Å². The SMILES string of the molecule is CN1CCc2cnn(C)c2C1CN. The lowest BCUT2D eigenvalue weighted by atomic mass is 10.0. The molecule has 2 N–H and O–H groups in total. The minimum Gasteiger partial charge on any atom is -0.329 e. The third kappa shape index (κ3) is 1.26. The van der Waals surface area contributed by atoms with E-state index < -0.39 is 0 Å². The van der Waals surface area contributed by atoms with Crippen LogP contribution in [0.1, 0.15) is 17.3 Å². The highest BCUT2D eigenvalue weighted by molar-refractivity contribution is 5.24. The van der Waals surface area contributed by atoms with Crippen LogP contribution in [0.2, 0.25) is 0 Å². The Morgan fingerprint density at radius 1 is 1.62 bits per heavy atom. The largest absolute Gasteiger partial charge is 0.329 e. The van der Waals surface area contributed by atoms with Gasteiger partial charge < -0.3 is 5.73 Å². The van der Waals surface area contributed by atoms with Crippen LogP contribution in [0, 0.1) is 0 Å². The molecule has 0 saturated carbocycles. The standard InChI is InChI=1S/C9H16N4/c1-12-4-3-7-6-11-13(2)9(7)8(12)5-10/h6,8H,3-5,10H2,1-2H3. The summed E-state index contributed by atoms with van der Waals surface area (Å²) in [5, 5.41) is 4.27. The molecule has 1 atom stereocenters. The van der Waals surface area contributed by atoms with Crippen molar-refractivity contribution in [2.75, 3.05) is 20.1 Å². The van der Waals surface area contributed by atoms with E-state index in [0.717, 1.165) is 13.0 Å². The van der Waals surface area contributed by atoms with Crippen LogP contribution in [-0.2, 0) is 13.5 Å². The molecule has 2 heterocycles. The number of aromatic nitrogens is 2. The molecule has 1 aromatic rings. The monoisotopic (exact) mass is 180 g/mol. The minimum atomic E-state index is 0.344. The number of nitrogens with zero attached hydrogens (tertiary/aromatic N) is 3. The van der Waals surface area contributed by atoms with Gasteiger partial charge in [-0.15, -0.1) is 0 Å². The Kier molecular flexibility index (Phi) is 2.09. The fraction of sp³-hybridized carbons (Fsp3) is 0.667. The summed E-state index contributed by atoms with van der Waals surface area (Å²) in [6, 6.07) is 0.344. The van der Waals surface area contributed by atoms with Crippen molar-refractivity contribution in [3.63, 3.8) is 0 Å². The lowest BCUT2D eigenvalue weighted by Crippen LogP contribution is -2.37. The molecule has 72 valence electrons. The van der Waals surface area contributed by atoms with Gasteiger partial charge in [0.15, 0.2) is 0 Å². The number of aryl methyl sites for hydroxylation is 1. The maximum atomic E-state index is 5.75. The molecule has 0 fully saturated rings. The van der Waals surface area contributed by atoms with Gasteiger partial charge in [0.2, 0.25) is 0 Å². The van der Waals surface area contributed by atoms with Crippen molar-refractivity contribution in [3.8, 4) is 0 Å². The summed E-state index contributed by atoms with van der Waals surface area (Å²) in [6.07, 6.45) is 3.06. The van der Waals surface area contributed by atoms with Gasteiger partial charge in [0.05, 0.1) is 17.9 Å². The van der Waals surface area contributed by atoms with E-state index in [4.69, 9.17) is 5.73 Å². The highest BCUT2D eigenvalue weighted by Crippen LogP contribution is 2.26. The van der Waals surface area contributed by atoms with Gasteiger partial charge in [-0.1, -0.05) is 0 Å². The van der Waals surface area contributed by atoms with Gasteiger partial charge in [0, 0.05) is 20.1 Å². The van der Waals surface area contributed by atoms with E-state index in [1.807, 2.05) is 17.9 Å². The maximum absolute atomic E-state index is 5.75. The van der Waals surface area contributed by atoms with Crippen LogP contribution >= 0.6 is 0 Å². The Hall–Kier alpha value is -0.870. The molecule has 0 aliphatic carbocycles. The van der Waals surface area contributed by atoms with E-state index in [2.05, 4.69) is 17.0 Å². The lowest BCUT2D eigenvalue weighted by Gasteiger charge is -2.32. The molecule has 0 bridgehead atoms. The van der Waals surface area contributed by atoms with E-state index in [1.54, 1.807) is 0 Å². The van der Waals surface area contributed by atoms with Crippen LogP contribution in [0.25, 0.3) is 0 Å². The molecular formula is C9H16N4. The Morgan fingerprint density at radius 3 is 3.08 bits per heavy atom. The fourth-order valence-corrected chi connectivity index (χ4v) is 2.07. The summed E-state index contributed by atoms with van der Waals surface area (Å²) < 4.78 is 1.95. The van der Waals surface area contributed by atoms with Crippen LogP contribution < -0.4 is 5.73 Å². The summed E-state index contributed by atoms with van der Waals surface area (Å²) in [5.74, 6) is 0. The molecule has 4 nitrogen and oxygen atoms in total. The first kappa shape index (κ1) is 8.72. The molecule has 0 spiro atoms. The summed E-state index contributed by atoms with van der Waals surface area (Å²) in [4.78, 5) is 2.30. The first-order valence-corrected chi connectivity index (χ1v) is 4.65. The predicted octanol–water partition coefficient (Wildman–Crippen LogP) is -0.0922. The number of hydrogen-bond donors (Lipinski definition) is 1. The Bertz CT molecular complexity index is 305. The van der Waals surface area contributed by atoms with Gasteiger partial charge in [-0.2, -0.15) is 5.10 Å². The molecule has 13 heavy (non-hydrogen) atoms. The molecule has 1 aliphatic heterocycles. The average Bonchev–Trinajstić information content (AvgIpc) is 2.49. The topological polar surface area (TPSA) is 47.1 Å². The van der Waals surface area contributed by atoms with Crippen molar-refractivity contribution < 1.29 is 0 Å². The van der Waals surface area contributed by atoms with Crippen molar-refractivity contribution in [2.45, 2.75) is 12.5 Å². The van der Waals surface area contributed by atoms with Crippen LogP contribution in [0.3, 0.4) is 0 Å². The first-order valence-electron chi connectivity index (χ1n) is 4.65. The van der Waals surface area contributed by atoms with Crippen LogP contribution in [-0.4, -0.2) is 34.8 Å². The summed E-state index contributed by atoms with van der Waals surface area (Å²) in [6.45, 7) is 1.75. The lowest BCUT2D eigenvalue weighted by molar-refractivity contribution is 0.226. The summed E-state index contributed by atoms with van der Waals surface area (Å²) in [5.41, 5.74) is 8.40. The van der Waals surface area contributed by atoms with Crippen LogP contribution in [0.4, 0.5) is 0 Å². The van der Waals surface area contributed by atoms with Gasteiger partial charge in [0.25, 0.3) is 0 Å². The van der Waals surface area contributed by atoms with Gasteiger partial charge >= 0.3 is 0 Å². The second kappa shape index (κ2) is 3.12. The first-order chi connectivity index (χ1) is 6.24. The molecule has 1 unspecified atom stereocenters. The number of likely N-dealkylation sites (N-methyl/N-ethyl adjacent to an activating group) is 1. The summed E-state index contributed by atoms with van der Waals surface area (Å²) in [7, 11) is 4.11. The van der Waals surface area contributed by atoms with E-state index in [0.29, 0.717) is 12.6 Å². The number of hydrogen-bond acceptors (Lipinski definition) is 3. The quantitative estimate of drug-likeness (QED) is 0.657. The van der Waals surface area contributed by atoms with Crippen molar-refractivity contribution in [3.05, 3.63) is 17.5 Å². The molecule has 0 radical (unpaired) electrons. The zero-order valence-electron chi connectivity index (χ0n) is 8.20. The zero-order valence-corrected chi connectivity index (χ0v) is 8.20. The minimum absolute atomic E-state index is 0.344. The van der Waals surface area contributed by atoms with Crippen molar-refractivity contribution in [1.29, 1.82) is 0 Å². The van der Waals surface area contributed by atoms with Crippen LogP contribution in [0.15, 0.2) is 6.20 Å². The molecule has 0 saturated heterocycles. The number of nitrogens with two attached hydrogens (primary N) is 1. The van der Waals surface area contributed by atoms with Crippen molar-refractivity contribution in [1.82, 2.24) is 14.7 Å². The average molecular weight is 180 g/mol. The van der Waals surface area contributed by atoms with Crippen molar-refractivity contribution in [2.24, 2.45) is 12.8 Å². The fourth-order valence-electron chi connectivity index (χ4n) is 2.07. The van der Waals surface area contributed by atoms with E-state index in [-0.39, 0.29) is 0 Å². The zero-order chi connectivity index (χ0) is 9.42. The van der Waals surface area contributed by atoms with Crippen LogP contribution in [0.5, 0.6) is 0 Å². The third-order valence-electron chi connectivity index (χ3n) is 2.87. The van der Waals surface area contributed by atoms with Gasteiger partial charge in [0.1, 0.15) is 0 Å². The van der Waals surface area contributed by atoms with E-state index >= 15 is 0 Å². The highest BCUT2D eigenvalue weighted by atomic mass is 15.3. The second-order valence-electron chi connectivity index (χ2n) is 3.66. The molecular weight excluding hydrogens is 164 g/mol. The molecule has 0 aromatic carbocycles. The van der Waals surface area contributed by atoms with Gasteiger partial charge in [-0.3, -0.25) is 9.58 Å². The Morgan fingerprint density at radius 2 is 2.38 bits per heavy atom. The molecule has 1 aliphatic rings. The van der Waals surface area contributed by atoms with Crippen molar-refractivity contribution >= 4 is 0 Å². The molecule has 4 heteroatoms. The molecule has 0 amide bonds. The maximum Gasteiger partial charge on any atom is 0.0641 e. The smallest absolute Gasteiger partial charge is 0.0641 e. The molecule has 2 rings (SSSR count).